The van der Waals surface area contributed by atoms with Crippen molar-refractivity contribution < 1.29 is 73.2 Å². The highest BCUT2D eigenvalue weighted by molar-refractivity contribution is 6.31. The maximum atomic E-state index is 14.6. The van der Waals surface area contributed by atoms with Crippen molar-refractivity contribution in [2.45, 2.75) is 56.0 Å². The highest BCUT2D eigenvalue weighted by Gasteiger charge is 2.72. The second-order valence-electron chi connectivity index (χ2n) is 12.5. The number of carbonyl (C=O) groups is 6. The lowest BCUT2D eigenvalue weighted by atomic mass is 9.56. The van der Waals surface area contributed by atoms with E-state index in [1.54, 1.807) is 0 Å². The quantitative estimate of drug-likeness (QED) is 0.209. The molecule has 7 atom stereocenters. The summed E-state index contributed by atoms with van der Waals surface area (Å²) in [4.78, 5) is 81.9. The van der Waals surface area contributed by atoms with Gasteiger partial charge in [-0.05, 0) is 31.0 Å². The lowest BCUT2D eigenvalue weighted by Crippen LogP contribution is -2.73. The number of rotatable bonds is 6. The summed E-state index contributed by atoms with van der Waals surface area (Å²) in [5, 5.41) is 59.2. The van der Waals surface area contributed by atoms with E-state index in [9.17, 15) is 54.3 Å². The highest BCUT2D eigenvalue weighted by atomic mass is 16.6. The highest BCUT2D eigenvalue weighted by Crippen LogP contribution is 2.56. The Kier molecular flexibility index (Phi) is 8.33. The zero-order chi connectivity index (χ0) is 36.8. The van der Waals surface area contributed by atoms with Gasteiger partial charge in [-0.2, -0.15) is 0 Å². The summed E-state index contributed by atoms with van der Waals surface area (Å²) in [6, 6.07) is 2.13. The molecule has 16 nitrogen and oxygen atoms in total. The Morgan fingerprint density at radius 1 is 1.02 bits per heavy atom. The number of aromatic hydroxyl groups is 2. The zero-order valence-corrected chi connectivity index (χ0v) is 27.4. The average Bonchev–Trinajstić information content (AvgIpc) is 3.05. The summed E-state index contributed by atoms with van der Waals surface area (Å²) in [6.07, 6.45) is -4.82. The first-order chi connectivity index (χ1) is 23.6. The van der Waals surface area contributed by atoms with Crippen molar-refractivity contribution in [3.05, 3.63) is 68.4 Å². The van der Waals surface area contributed by atoms with E-state index < -0.39 is 140 Å². The third-order valence-electron chi connectivity index (χ3n) is 10.1. The summed E-state index contributed by atoms with van der Waals surface area (Å²) < 4.78 is 21.2. The number of Topliss-reactive ketones (excluding diaryl/α,β-unsaturated/α-hetero) is 4. The lowest BCUT2D eigenvalue weighted by molar-refractivity contribution is -0.181. The number of aliphatic hydroxyl groups is 3. The molecule has 0 spiro atoms. The van der Waals surface area contributed by atoms with Gasteiger partial charge in [-0.1, -0.05) is 6.07 Å². The Balaban J connectivity index is 1.52. The van der Waals surface area contributed by atoms with E-state index in [2.05, 4.69) is 5.32 Å². The van der Waals surface area contributed by atoms with Gasteiger partial charge in [0.1, 0.15) is 29.4 Å². The number of aryl methyl sites for hydroxylation is 1. The monoisotopic (exact) mass is 695 g/mol. The minimum absolute atomic E-state index is 0.0202. The molecular weight excluding hydrogens is 662 g/mol. The Bertz CT molecular complexity index is 1970. The number of benzene rings is 2. The van der Waals surface area contributed by atoms with Crippen LogP contribution >= 0.6 is 0 Å². The van der Waals surface area contributed by atoms with Gasteiger partial charge < -0.3 is 49.8 Å². The van der Waals surface area contributed by atoms with E-state index in [0.717, 1.165) is 26.4 Å². The number of hydrogen-bond donors (Lipinski definition) is 6. The fourth-order valence-corrected chi connectivity index (χ4v) is 7.73. The molecule has 16 heteroatoms. The molecule has 6 rings (SSSR count). The molecule has 50 heavy (non-hydrogen) atoms. The Morgan fingerprint density at radius 3 is 2.30 bits per heavy atom. The van der Waals surface area contributed by atoms with Gasteiger partial charge in [-0.25, -0.2) is 4.79 Å². The van der Waals surface area contributed by atoms with Crippen molar-refractivity contribution in [2.75, 3.05) is 27.9 Å². The summed E-state index contributed by atoms with van der Waals surface area (Å²) in [5.41, 5.74) is -10.4. The molecule has 3 aliphatic carbocycles. The lowest BCUT2D eigenvalue weighted by Gasteiger charge is -2.52. The molecule has 2 aromatic rings. The number of methoxy groups -OCH3 is 3. The molecule has 1 saturated heterocycles. The maximum Gasteiger partial charge on any atom is 0.341 e. The van der Waals surface area contributed by atoms with E-state index in [-0.39, 0.29) is 11.1 Å². The van der Waals surface area contributed by atoms with Gasteiger partial charge in [0.25, 0.3) is 0 Å². The van der Waals surface area contributed by atoms with Crippen molar-refractivity contribution in [2.24, 2.45) is 5.92 Å². The smallest absolute Gasteiger partial charge is 0.341 e. The van der Waals surface area contributed by atoms with Gasteiger partial charge in [0.2, 0.25) is 17.3 Å². The summed E-state index contributed by atoms with van der Waals surface area (Å²) in [7, 11) is 3.22. The van der Waals surface area contributed by atoms with E-state index >= 15 is 0 Å². The predicted octanol–water partition coefficient (Wildman–Crippen LogP) is -0.448. The number of nitrogens with one attached hydrogen (secondary N) is 1. The molecule has 6 N–H and O–H groups in total. The van der Waals surface area contributed by atoms with Crippen molar-refractivity contribution >= 4 is 34.9 Å². The second kappa shape index (κ2) is 11.9. The van der Waals surface area contributed by atoms with Crippen LogP contribution in [0.2, 0.25) is 0 Å². The molecule has 1 unspecified atom stereocenters. The van der Waals surface area contributed by atoms with Crippen LogP contribution in [0.4, 0.5) is 0 Å². The van der Waals surface area contributed by atoms with Crippen LogP contribution in [0.1, 0.15) is 75.4 Å². The molecule has 0 saturated carbocycles. The third-order valence-corrected chi connectivity index (χ3v) is 10.1. The Morgan fingerprint density at radius 2 is 1.70 bits per heavy atom. The first kappa shape index (κ1) is 35.0. The van der Waals surface area contributed by atoms with Gasteiger partial charge in [-0.3, -0.25) is 24.0 Å². The molecule has 1 fully saturated rings. The van der Waals surface area contributed by atoms with Crippen LogP contribution < -0.4 is 5.32 Å². The number of phenols is 2. The molecule has 4 aliphatic rings. The van der Waals surface area contributed by atoms with Gasteiger partial charge in [0.15, 0.2) is 22.8 Å². The fraction of sp³-hybridized carbons (Fsp3) is 0.412. The van der Waals surface area contributed by atoms with E-state index in [1.807, 2.05) is 0 Å². The minimum Gasteiger partial charge on any atom is -0.507 e. The van der Waals surface area contributed by atoms with Crippen molar-refractivity contribution in [1.82, 2.24) is 5.32 Å². The van der Waals surface area contributed by atoms with Crippen LogP contribution in [0.25, 0.3) is 0 Å². The number of aliphatic hydroxyl groups excluding tert-OH is 2. The molecule has 264 valence electrons. The fourth-order valence-electron chi connectivity index (χ4n) is 7.73. The van der Waals surface area contributed by atoms with Crippen molar-refractivity contribution in [3.63, 3.8) is 0 Å². The number of fused-ring (bicyclic) bond motifs is 5. The zero-order valence-electron chi connectivity index (χ0n) is 27.4. The SMILES string of the molecule is COC(=O)c1c(C)cc2c(c1O)[C@]1(O)C(=O)c3cc4c(c(O)c3C(=O)[C@]1(OC)[C@H](O)C2)C(=O)C=C(N[C@H]1OC(C)[C@H](OC)C(=O)[C@H]1CO)C4=O. The Hall–Kier alpha value is -4.84. The van der Waals surface area contributed by atoms with Crippen LogP contribution in [-0.4, -0.2) is 118 Å². The predicted molar refractivity (Wildman–Crippen MR) is 165 cm³/mol. The topological polar surface area (TPSA) is 253 Å². The van der Waals surface area contributed by atoms with Gasteiger partial charge >= 0.3 is 5.97 Å². The number of ether oxygens (including phenoxy) is 4. The molecule has 1 aliphatic heterocycles. The molecule has 1 heterocycles. The van der Waals surface area contributed by atoms with Gasteiger partial charge in [0.05, 0.1) is 48.7 Å². The number of allylic oxidation sites excluding steroid dienone is 2. The summed E-state index contributed by atoms with van der Waals surface area (Å²) >= 11 is 0. The van der Waals surface area contributed by atoms with E-state index in [1.165, 1.54) is 27.0 Å². The van der Waals surface area contributed by atoms with Crippen LogP contribution in [0.15, 0.2) is 23.9 Å². The Labute approximate surface area is 283 Å². The standard InChI is InChI=1S/C34H33NO15/c1-11-6-13-7-19(38)34(49-5)30(44)22-15(29(43)33(34,46)23(13)27(42)20(11)32(45)48-4)8-14-21(26(22)41)18(37)9-17(24(14)39)35-31-16(10-36)25(40)28(47-3)12(2)50-31/h6,8-9,12,16,19,28,31,35-36,38,41-42,46H,7,10H2,1-5H3/t12?,16-,19-,28+,31+,33+,34-/m1/s1. The van der Waals surface area contributed by atoms with E-state index in [4.69, 9.17) is 18.9 Å². The number of ketones is 5. The maximum absolute atomic E-state index is 14.6. The van der Waals surface area contributed by atoms with Gasteiger partial charge in [-0.15, -0.1) is 0 Å². The largest absolute Gasteiger partial charge is 0.507 e. The van der Waals surface area contributed by atoms with Crippen LogP contribution in [0.3, 0.4) is 0 Å². The van der Waals surface area contributed by atoms with Crippen LogP contribution in [0.5, 0.6) is 11.5 Å². The normalized spacial score (nSPS) is 30.2. The third kappa shape index (κ3) is 4.33. The molecule has 2 aromatic carbocycles. The first-order valence-electron chi connectivity index (χ1n) is 15.4. The van der Waals surface area contributed by atoms with E-state index in [0.29, 0.717) is 0 Å². The summed E-state index contributed by atoms with van der Waals surface area (Å²) in [6.45, 7) is 2.25. The van der Waals surface area contributed by atoms with Crippen LogP contribution in [0, 0.1) is 12.8 Å². The number of hydrogen-bond acceptors (Lipinski definition) is 16. The first-order valence-corrected chi connectivity index (χ1v) is 15.4. The van der Waals surface area contributed by atoms with Crippen LogP contribution in [-0.2, 0) is 35.8 Å². The number of esters is 1. The average molecular weight is 696 g/mol. The van der Waals surface area contributed by atoms with Crippen molar-refractivity contribution in [3.8, 4) is 11.5 Å². The summed E-state index contributed by atoms with van der Waals surface area (Å²) in [5.74, 6) is -9.63. The number of carbonyl (C=O) groups excluding carboxylic acids is 6. The second-order valence-corrected chi connectivity index (χ2v) is 12.5. The molecule has 0 amide bonds. The molecule has 0 bridgehead atoms. The number of phenolic OH excluding ortho intramolecular Hbond substituents is 2. The molecule has 0 aromatic heterocycles. The molecular formula is C34H33NO15. The molecule has 0 radical (unpaired) electrons. The minimum atomic E-state index is -3.25. The van der Waals surface area contributed by atoms with Gasteiger partial charge in [0, 0.05) is 43.4 Å². The van der Waals surface area contributed by atoms with Crippen molar-refractivity contribution in [1.29, 1.82) is 0 Å².